The van der Waals surface area contributed by atoms with Gasteiger partial charge in [-0.1, -0.05) is 48.5 Å². The first-order valence-electron chi connectivity index (χ1n) is 6.22. The SMILES string of the molecule is O[C@@H]1c2ccccc2[C@H]2C[C@@H]1c1ccccc12. The monoisotopic (exact) mass is 222 g/mol. The molecule has 1 nitrogen and oxygen atoms in total. The van der Waals surface area contributed by atoms with Gasteiger partial charge in [0.2, 0.25) is 0 Å². The van der Waals surface area contributed by atoms with E-state index in [-0.39, 0.29) is 6.10 Å². The van der Waals surface area contributed by atoms with Crippen LogP contribution in [0.15, 0.2) is 48.5 Å². The molecule has 0 aromatic heterocycles. The van der Waals surface area contributed by atoms with E-state index >= 15 is 0 Å². The van der Waals surface area contributed by atoms with Crippen LogP contribution >= 0.6 is 0 Å². The zero-order valence-corrected chi connectivity index (χ0v) is 9.51. The van der Waals surface area contributed by atoms with Crippen LogP contribution in [0.25, 0.3) is 0 Å². The van der Waals surface area contributed by atoms with Gasteiger partial charge in [-0.25, -0.2) is 0 Å². The molecule has 2 aromatic rings. The maximum Gasteiger partial charge on any atom is 0.0861 e. The molecule has 2 bridgehead atoms. The second kappa shape index (κ2) is 3.21. The van der Waals surface area contributed by atoms with Crippen molar-refractivity contribution in [3.8, 4) is 0 Å². The lowest BCUT2D eigenvalue weighted by Crippen LogP contribution is -2.15. The highest BCUT2D eigenvalue weighted by atomic mass is 16.3. The molecule has 2 aromatic carbocycles. The Hall–Kier alpha value is -1.60. The molecule has 0 heterocycles. The van der Waals surface area contributed by atoms with Gasteiger partial charge in [-0.15, -0.1) is 0 Å². The molecule has 0 unspecified atom stereocenters. The lowest BCUT2D eigenvalue weighted by Gasteiger charge is -2.28. The first-order chi connectivity index (χ1) is 8.36. The summed E-state index contributed by atoms with van der Waals surface area (Å²) >= 11 is 0. The molecule has 0 saturated carbocycles. The third-order valence-electron chi connectivity index (χ3n) is 4.33. The van der Waals surface area contributed by atoms with Crippen LogP contribution in [-0.4, -0.2) is 5.11 Å². The molecule has 2 aliphatic carbocycles. The zero-order chi connectivity index (χ0) is 11.4. The van der Waals surface area contributed by atoms with Crippen LogP contribution in [0, 0.1) is 0 Å². The second-order valence-electron chi connectivity index (χ2n) is 5.10. The predicted octanol–water partition coefficient (Wildman–Crippen LogP) is 3.35. The summed E-state index contributed by atoms with van der Waals surface area (Å²) in [5.74, 6) is 0.793. The van der Waals surface area contributed by atoms with Gasteiger partial charge in [0.1, 0.15) is 0 Å². The molecule has 1 heteroatoms. The van der Waals surface area contributed by atoms with Gasteiger partial charge in [-0.05, 0) is 28.7 Å². The summed E-state index contributed by atoms with van der Waals surface area (Å²) in [6.07, 6.45) is 0.739. The van der Waals surface area contributed by atoms with E-state index in [1.54, 1.807) is 0 Å². The maximum atomic E-state index is 10.5. The third-order valence-corrected chi connectivity index (χ3v) is 4.33. The Morgan fingerprint density at radius 3 is 2.00 bits per heavy atom. The molecule has 84 valence electrons. The number of hydrogen-bond donors (Lipinski definition) is 1. The summed E-state index contributed by atoms with van der Waals surface area (Å²) in [5.41, 5.74) is 5.22. The summed E-state index contributed by atoms with van der Waals surface area (Å²) in [4.78, 5) is 0. The molecule has 0 spiro atoms. The summed E-state index contributed by atoms with van der Waals surface area (Å²) < 4.78 is 0. The molecule has 0 saturated heterocycles. The quantitative estimate of drug-likeness (QED) is 0.724. The standard InChI is InChI=1S/C16H14O/c17-16-13-8-4-3-7-12(13)14-9-15(16)11-6-2-1-5-10(11)14/h1-8,14-17H,9H2/t14-,15+,16+/m0/s1. The Labute approximate surface area is 101 Å². The van der Waals surface area contributed by atoms with Gasteiger partial charge in [0.15, 0.2) is 0 Å². The van der Waals surface area contributed by atoms with E-state index in [1.807, 2.05) is 6.07 Å². The molecule has 0 radical (unpaired) electrons. The second-order valence-corrected chi connectivity index (χ2v) is 5.10. The molecule has 1 N–H and O–H groups in total. The fourth-order valence-corrected chi connectivity index (χ4v) is 3.58. The van der Waals surface area contributed by atoms with Crippen molar-refractivity contribution < 1.29 is 5.11 Å². The molecule has 3 atom stereocenters. The van der Waals surface area contributed by atoms with Crippen LogP contribution in [0.2, 0.25) is 0 Å². The first kappa shape index (κ1) is 9.43. The van der Waals surface area contributed by atoms with Gasteiger partial charge in [-0.3, -0.25) is 0 Å². The van der Waals surface area contributed by atoms with Gasteiger partial charge >= 0.3 is 0 Å². The highest BCUT2D eigenvalue weighted by Gasteiger charge is 2.42. The van der Waals surface area contributed by atoms with E-state index < -0.39 is 0 Å². The van der Waals surface area contributed by atoms with Crippen LogP contribution in [0.1, 0.15) is 46.6 Å². The van der Waals surface area contributed by atoms with Crippen LogP contribution in [0.5, 0.6) is 0 Å². The number of benzene rings is 2. The fourth-order valence-electron chi connectivity index (χ4n) is 3.58. The van der Waals surface area contributed by atoms with Crippen LogP contribution in [0.4, 0.5) is 0 Å². The molecule has 0 aliphatic heterocycles. The Bertz CT molecular complexity index is 588. The summed E-state index contributed by atoms with van der Waals surface area (Å²) in [6.45, 7) is 0. The number of fused-ring (bicyclic) bond motifs is 7. The highest BCUT2D eigenvalue weighted by Crippen LogP contribution is 2.55. The van der Waals surface area contributed by atoms with E-state index in [9.17, 15) is 5.11 Å². The van der Waals surface area contributed by atoms with Gasteiger partial charge in [-0.2, -0.15) is 0 Å². The van der Waals surface area contributed by atoms with Crippen molar-refractivity contribution in [2.45, 2.75) is 24.4 Å². The molecule has 2 aliphatic rings. The first-order valence-corrected chi connectivity index (χ1v) is 6.22. The van der Waals surface area contributed by atoms with Crippen LogP contribution in [-0.2, 0) is 0 Å². The molecule has 0 fully saturated rings. The summed E-state index contributed by atoms with van der Waals surface area (Å²) in [7, 11) is 0. The number of aliphatic hydroxyl groups excluding tert-OH is 1. The minimum absolute atomic E-state index is 0.297. The average Bonchev–Trinajstić information content (AvgIpc) is 2.73. The topological polar surface area (TPSA) is 20.2 Å². The Morgan fingerprint density at radius 2 is 1.29 bits per heavy atom. The lowest BCUT2D eigenvalue weighted by molar-refractivity contribution is 0.135. The van der Waals surface area contributed by atoms with E-state index in [2.05, 4.69) is 42.5 Å². The van der Waals surface area contributed by atoms with Gasteiger partial charge in [0, 0.05) is 11.8 Å². The van der Waals surface area contributed by atoms with Crippen molar-refractivity contribution in [2.24, 2.45) is 0 Å². The summed E-state index contributed by atoms with van der Waals surface area (Å²) in [5, 5.41) is 10.5. The summed E-state index contributed by atoms with van der Waals surface area (Å²) in [6, 6.07) is 16.9. The van der Waals surface area contributed by atoms with Crippen molar-refractivity contribution in [3.05, 3.63) is 70.8 Å². The predicted molar refractivity (Wildman–Crippen MR) is 67.0 cm³/mol. The zero-order valence-electron chi connectivity index (χ0n) is 9.51. The van der Waals surface area contributed by atoms with E-state index in [4.69, 9.17) is 0 Å². The molecule has 4 rings (SSSR count). The smallest absolute Gasteiger partial charge is 0.0861 e. The van der Waals surface area contributed by atoms with E-state index in [1.165, 1.54) is 16.7 Å². The Kier molecular flexibility index (Phi) is 1.78. The molecule has 0 amide bonds. The van der Waals surface area contributed by atoms with Gasteiger partial charge in [0.25, 0.3) is 0 Å². The van der Waals surface area contributed by atoms with Gasteiger partial charge < -0.3 is 5.11 Å². The Morgan fingerprint density at radius 1 is 0.765 bits per heavy atom. The van der Waals surface area contributed by atoms with E-state index in [0.717, 1.165) is 12.0 Å². The fraction of sp³-hybridized carbons (Fsp3) is 0.250. The molecule has 17 heavy (non-hydrogen) atoms. The average molecular weight is 222 g/mol. The number of hydrogen-bond acceptors (Lipinski definition) is 1. The van der Waals surface area contributed by atoms with Crippen LogP contribution < -0.4 is 0 Å². The number of aliphatic hydroxyl groups is 1. The lowest BCUT2D eigenvalue weighted by atomic mass is 9.79. The maximum absolute atomic E-state index is 10.5. The van der Waals surface area contributed by atoms with Gasteiger partial charge in [0.05, 0.1) is 6.10 Å². The third kappa shape index (κ3) is 1.12. The molecular formula is C16H14O. The van der Waals surface area contributed by atoms with Crippen molar-refractivity contribution >= 4 is 0 Å². The van der Waals surface area contributed by atoms with E-state index in [0.29, 0.717) is 11.8 Å². The van der Waals surface area contributed by atoms with Crippen molar-refractivity contribution in [1.29, 1.82) is 0 Å². The molecular weight excluding hydrogens is 208 g/mol. The van der Waals surface area contributed by atoms with Crippen molar-refractivity contribution in [1.82, 2.24) is 0 Å². The highest BCUT2D eigenvalue weighted by molar-refractivity contribution is 5.52. The number of rotatable bonds is 0. The largest absolute Gasteiger partial charge is 0.388 e. The van der Waals surface area contributed by atoms with Crippen LogP contribution in [0.3, 0.4) is 0 Å². The minimum atomic E-state index is -0.328. The minimum Gasteiger partial charge on any atom is -0.388 e. The van der Waals surface area contributed by atoms with Crippen molar-refractivity contribution in [3.63, 3.8) is 0 Å². The van der Waals surface area contributed by atoms with Crippen molar-refractivity contribution in [2.75, 3.05) is 0 Å². The Balaban J connectivity index is 2.01. The normalized spacial score (nSPS) is 28.6.